The summed E-state index contributed by atoms with van der Waals surface area (Å²) in [6.45, 7) is 0.590. The lowest BCUT2D eigenvalue weighted by atomic mass is 10.0. The van der Waals surface area contributed by atoms with Crippen molar-refractivity contribution in [2.45, 2.75) is 60.4 Å². The van der Waals surface area contributed by atoms with Crippen molar-refractivity contribution in [3.8, 4) is 0 Å². The van der Waals surface area contributed by atoms with Crippen LogP contribution in [0.3, 0.4) is 0 Å². The predicted molar refractivity (Wildman–Crippen MR) is 162 cm³/mol. The molecule has 0 saturated carbocycles. The molecule has 0 aliphatic carbocycles. The largest absolute Gasteiger partial charge is 0.480 e. The number of hydrogen-bond acceptors (Lipinski definition) is 9. The number of aliphatic carboxylic acids is 2. The van der Waals surface area contributed by atoms with Gasteiger partial charge in [-0.2, -0.15) is 0 Å². The Balaban J connectivity index is 1.52. The van der Waals surface area contributed by atoms with E-state index in [4.69, 9.17) is 0 Å². The molecule has 15 heteroatoms. The molecule has 4 rings (SSSR count). The first kappa shape index (κ1) is 32.9. The molecule has 2 saturated heterocycles. The van der Waals surface area contributed by atoms with Crippen LogP contribution >= 0.6 is 11.8 Å². The summed E-state index contributed by atoms with van der Waals surface area (Å²) in [5.41, 5.74) is -0.0905. The molecule has 2 aliphatic heterocycles. The summed E-state index contributed by atoms with van der Waals surface area (Å²) in [4.78, 5) is 73.6. The van der Waals surface area contributed by atoms with E-state index in [-0.39, 0.29) is 21.2 Å². The normalized spacial score (nSPS) is 18.7. The fraction of sp³-hybridized carbons (Fsp3) is 0.333. The van der Waals surface area contributed by atoms with Crippen LogP contribution in [0.1, 0.15) is 49.7 Å². The number of likely N-dealkylation sites (tertiary alicyclic amines) is 2. The Kier molecular flexibility index (Phi) is 10.7. The molecule has 0 bridgehead atoms. The van der Waals surface area contributed by atoms with E-state index < -0.39 is 45.7 Å². The van der Waals surface area contributed by atoms with E-state index in [1.54, 1.807) is 0 Å². The second-order valence-electron chi connectivity index (χ2n) is 10.5. The van der Waals surface area contributed by atoms with Gasteiger partial charge in [-0.25, -0.2) is 9.59 Å². The highest BCUT2D eigenvalue weighted by Gasteiger charge is 2.32. The Hall–Kier alpha value is -5.05. The number of amides is 2. The number of nitro benzene ring substituents is 2. The molecule has 2 atom stereocenters. The van der Waals surface area contributed by atoms with Crippen molar-refractivity contribution in [1.82, 2.24) is 9.80 Å². The number of hydrogen-bond donors (Lipinski definition) is 2. The van der Waals surface area contributed by atoms with Gasteiger partial charge in [0.15, 0.2) is 0 Å². The smallest absolute Gasteiger partial charge is 0.326 e. The quantitative estimate of drug-likeness (QED) is 0.209. The van der Waals surface area contributed by atoms with Gasteiger partial charge in [0.2, 0.25) is 11.8 Å². The molecule has 45 heavy (non-hydrogen) atoms. The minimum absolute atomic E-state index is 0.108. The fourth-order valence-corrected chi connectivity index (χ4v) is 6.27. The number of carboxylic acid groups (broad SMARTS) is 2. The van der Waals surface area contributed by atoms with E-state index in [0.29, 0.717) is 62.7 Å². The maximum Gasteiger partial charge on any atom is 0.326 e. The highest BCUT2D eigenvalue weighted by Crippen LogP contribution is 2.40. The molecule has 0 spiro atoms. The SMILES string of the molecule is O=C(O)C1CCCCN1C(=O)/C=C/c1ccc(Sc2ccc(/C=C/C(=O)N3CCCCC3C(=O)O)cc2[N+](=O)[O-])c([N+](=O)[O-])c1. The van der Waals surface area contributed by atoms with Crippen LogP contribution in [0, 0.1) is 20.2 Å². The minimum atomic E-state index is -1.09. The van der Waals surface area contributed by atoms with Crippen LogP contribution in [0.15, 0.2) is 58.3 Å². The van der Waals surface area contributed by atoms with Crippen LogP contribution in [-0.2, 0) is 19.2 Å². The molecule has 2 fully saturated rings. The molecule has 2 unspecified atom stereocenters. The van der Waals surface area contributed by atoms with Gasteiger partial charge < -0.3 is 20.0 Å². The van der Waals surface area contributed by atoms with Crippen molar-refractivity contribution in [1.29, 1.82) is 0 Å². The number of benzene rings is 2. The van der Waals surface area contributed by atoms with Crippen molar-refractivity contribution in [2.75, 3.05) is 13.1 Å². The Morgan fingerprint density at radius 1 is 0.711 bits per heavy atom. The van der Waals surface area contributed by atoms with Crippen molar-refractivity contribution in [3.63, 3.8) is 0 Å². The first-order valence-corrected chi connectivity index (χ1v) is 15.0. The average molecular weight is 639 g/mol. The van der Waals surface area contributed by atoms with E-state index >= 15 is 0 Å². The standard InChI is InChI=1S/C30H30N4O10S/c35-27(31-15-3-1-5-21(31)29(37)38)13-9-19-7-11-25(23(17-19)33(41)42)45-26-12-8-20(18-24(26)34(43)44)10-14-28(36)32-16-4-2-6-22(32)30(39)40/h7-14,17-18,21-22H,1-6,15-16H2,(H,37,38)(H,39,40)/b13-9+,14-10+. The van der Waals surface area contributed by atoms with Gasteiger partial charge >= 0.3 is 11.9 Å². The highest BCUT2D eigenvalue weighted by atomic mass is 32.2. The zero-order valence-corrected chi connectivity index (χ0v) is 24.8. The third kappa shape index (κ3) is 8.12. The van der Waals surface area contributed by atoms with Crippen LogP contribution in [0.5, 0.6) is 0 Å². The van der Waals surface area contributed by atoms with Gasteiger partial charge in [0.1, 0.15) is 12.1 Å². The lowest BCUT2D eigenvalue weighted by Crippen LogP contribution is -2.47. The Bertz CT molecular complexity index is 1470. The summed E-state index contributed by atoms with van der Waals surface area (Å²) in [6, 6.07) is 6.39. The molecule has 0 aromatic heterocycles. The second-order valence-corrected chi connectivity index (χ2v) is 11.6. The molecule has 2 amide bonds. The Labute approximate surface area is 261 Å². The molecular weight excluding hydrogens is 608 g/mol. The van der Waals surface area contributed by atoms with Crippen molar-refractivity contribution in [3.05, 3.63) is 79.9 Å². The molecule has 2 heterocycles. The van der Waals surface area contributed by atoms with E-state index in [0.717, 1.165) is 11.8 Å². The molecule has 14 nitrogen and oxygen atoms in total. The number of carbonyl (C=O) groups is 4. The summed E-state index contributed by atoms with van der Waals surface area (Å²) in [5, 5.41) is 42.6. The summed E-state index contributed by atoms with van der Waals surface area (Å²) in [7, 11) is 0. The van der Waals surface area contributed by atoms with Crippen LogP contribution in [0.2, 0.25) is 0 Å². The summed E-state index contributed by atoms with van der Waals surface area (Å²) in [6.07, 6.45) is 8.47. The number of carbonyl (C=O) groups excluding carboxylic acids is 2. The molecule has 2 aromatic carbocycles. The number of rotatable bonds is 10. The zero-order valence-electron chi connectivity index (χ0n) is 23.9. The number of nitro groups is 2. The Morgan fingerprint density at radius 2 is 1.11 bits per heavy atom. The van der Waals surface area contributed by atoms with Gasteiger partial charge in [0, 0.05) is 37.4 Å². The lowest BCUT2D eigenvalue weighted by molar-refractivity contribution is -0.388. The van der Waals surface area contributed by atoms with Crippen LogP contribution in [0.4, 0.5) is 11.4 Å². The predicted octanol–water partition coefficient (Wildman–Crippen LogP) is 4.61. The van der Waals surface area contributed by atoms with Gasteiger partial charge in [-0.15, -0.1) is 0 Å². The lowest BCUT2D eigenvalue weighted by Gasteiger charge is -2.32. The minimum Gasteiger partial charge on any atom is -0.480 e. The fourth-order valence-electron chi connectivity index (χ4n) is 5.28. The number of nitrogens with zero attached hydrogens (tertiary/aromatic N) is 4. The van der Waals surface area contributed by atoms with Gasteiger partial charge in [-0.1, -0.05) is 23.9 Å². The highest BCUT2D eigenvalue weighted by molar-refractivity contribution is 7.99. The van der Waals surface area contributed by atoms with E-state index in [9.17, 15) is 49.6 Å². The summed E-state index contributed by atoms with van der Waals surface area (Å²) in [5.74, 6) is -3.22. The first-order valence-electron chi connectivity index (χ1n) is 14.1. The van der Waals surface area contributed by atoms with Crippen molar-refractivity contribution in [2.24, 2.45) is 0 Å². The van der Waals surface area contributed by atoms with E-state index in [1.807, 2.05) is 0 Å². The van der Waals surface area contributed by atoms with Gasteiger partial charge in [-0.05, 0) is 73.9 Å². The topological polar surface area (TPSA) is 202 Å². The zero-order chi connectivity index (χ0) is 32.7. The molecule has 2 N–H and O–H groups in total. The van der Waals surface area contributed by atoms with Gasteiger partial charge in [-0.3, -0.25) is 29.8 Å². The molecule has 2 aliphatic rings. The second kappa shape index (κ2) is 14.6. The van der Waals surface area contributed by atoms with Crippen LogP contribution in [0.25, 0.3) is 12.2 Å². The van der Waals surface area contributed by atoms with E-state index in [1.165, 1.54) is 70.5 Å². The molecule has 2 aromatic rings. The third-order valence-electron chi connectivity index (χ3n) is 7.56. The number of piperidine rings is 2. The Morgan fingerprint density at radius 3 is 1.47 bits per heavy atom. The average Bonchev–Trinajstić information content (AvgIpc) is 3.03. The summed E-state index contributed by atoms with van der Waals surface area (Å²) < 4.78 is 0. The van der Waals surface area contributed by atoms with Crippen molar-refractivity contribution < 1.29 is 39.2 Å². The molecular formula is C30H30N4O10S. The van der Waals surface area contributed by atoms with Crippen LogP contribution < -0.4 is 0 Å². The molecule has 0 radical (unpaired) electrons. The monoisotopic (exact) mass is 638 g/mol. The molecule has 236 valence electrons. The first-order chi connectivity index (χ1) is 21.5. The third-order valence-corrected chi connectivity index (χ3v) is 8.69. The number of carboxylic acids is 2. The van der Waals surface area contributed by atoms with Crippen molar-refractivity contribution >= 4 is 59.0 Å². The summed E-state index contributed by atoms with van der Waals surface area (Å²) >= 11 is 0.804. The van der Waals surface area contributed by atoms with Gasteiger partial charge in [0.05, 0.1) is 19.6 Å². The van der Waals surface area contributed by atoms with Gasteiger partial charge in [0.25, 0.3) is 11.4 Å². The maximum absolute atomic E-state index is 12.7. The van der Waals surface area contributed by atoms with Crippen LogP contribution in [-0.4, -0.2) is 78.8 Å². The maximum atomic E-state index is 12.7. The van der Waals surface area contributed by atoms with E-state index in [2.05, 4.69) is 0 Å².